The van der Waals surface area contributed by atoms with Crippen molar-refractivity contribution in [2.24, 2.45) is 0 Å². The van der Waals surface area contributed by atoms with Crippen molar-refractivity contribution in [1.82, 2.24) is 4.90 Å². The maximum Gasteiger partial charge on any atom is 0.263 e. The molecule has 4 rings (SSSR count). The van der Waals surface area contributed by atoms with Crippen LogP contribution in [0.5, 0.6) is 11.5 Å². The molecule has 0 radical (unpaired) electrons. The predicted molar refractivity (Wildman–Crippen MR) is 131 cm³/mol. The lowest BCUT2D eigenvalue weighted by molar-refractivity contribution is -0.137. The molecule has 0 spiro atoms. The molecule has 3 aromatic carbocycles. The van der Waals surface area contributed by atoms with Gasteiger partial charge in [0.05, 0.1) is 12.0 Å². The van der Waals surface area contributed by atoms with E-state index in [1.165, 1.54) is 24.3 Å². The summed E-state index contributed by atoms with van der Waals surface area (Å²) in [5.74, 6) is 1.19. The van der Waals surface area contributed by atoms with Gasteiger partial charge in [-0.3, -0.25) is 9.52 Å². The first-order valence-electron chi connectivity index (χ1n) is 10.8. The smallest absolute Gasteiger partial charge is 0.263 e. The van der Waals surface area contributed by atoms with Crippen molar-refractivity contribution >= 4 is 33.2 Å². The lowest BCUT2D eigenvalue weighted by Gasteiger charge is -2.22. The highest BCUT2D eigenvalue weighted by Crippen LogP contribution is 2.30. The minimum absolute atomic E-state index is 0.102. The molecule has 1 unspecified atom stereocenters. The molecule has 0 saturated heterocycles. The van der Waals surface area contributed by atoms with Gasteiger partial charge in [0, 0.05) is 29.4 Å². The quantitative estimate of drug-likeness (QED) is 0.516. The summed E-state index contributed by atoms with van der Waals surface area (Å²) in [5, 5.41) is 0.452. The van der Waals surface area contributed by atoms with Crippen molar-refractivity contribution in [1.29, 1.82) is 0 Å². The lowest BCUT2D eigenvalue weighted by atomic mass is 10.1. The number of para-hydroxylation sites is 1. The number of benzene rings is 3. The van der Waals surface area contributed by atoms with Gasteiger partial charge in [-0.05, 0) is 67.4 Å². The third-order valence-corrected chi connectivity index (χ3v) is 7.25. The second-order valence-corrected chi connectivity index (χ2v) is 10.1. The predicted octanol–water partition coefficient (Wildman–Crippen LogP) is 4.50. The average Bonchev–Trinajstić information content (AvgIpc) is 2.94. The zero-order chi connectivity index (χ0) is 24.3. The summed E-state index contributed by atoms with van der Waals surface area (Å²) in [7, 11) is -2.18. The summed E-state index contributed by atoms with van der Waals surface area (Å²) >= 11 is 5.87. The van der Waals surface area contributed by atoms with Crippen LogP contribution >= 0.6 is 11.6 Å². The van der Waals surface area contributed by atoms with E-state index in [1.54, 1.807) is 37.1 Å². The number of nitrogens with zero attached hydrogens (tertiary/aromatic N) is 1. The monoisotopic (exact) mass is 500 g/mol. The Morgan fingerprint density at radius 1 is 1.12 bits per heavy atom. The van der Waals surface area contributed by atoms with Gasteiger partial charge in [0.2, 0.25) is 0 Å². The van der Waals surface area contributed by atoms with E-state index in [2.05, 4.69) is 4.72 Å². The molecule has 178 valence electrons. The van der Waals surface area contributed by atoms with Crippen LogP contribution < -0.4 is 14.2 Å². The standard InChI is InChI=1S/C25H25ClN2O5S/c1-17-25(29)28(14-13-18-5-3-4-6-23(18)32-2)16-19-15-21(9-12-24(19)33-17)27-34(30,31)22-10-7-20(26)8-11-22/h3-12,15,17,27H,13-14,16H2,1-2H3. The summed E-state index contributed by atoms with van der Waals surface area (Å²) in [6.45, 7) is 2.47. The molecule has 3 aromatic rings. The van der Waals surface area contributed by atoms with Crippen LogP contribution in [0.4, 0.5) is 5.69 Å². The summed E-state index contributed by atoms with van der Waals surface area (Å²) < 4.78 is 39.4. The number of sulfonamides is 1. The van der Waals surface area contributed by atoms with Crippen molar-refractivity contribution in [3.63, 3.8) is 0 Å². The number of methoxy groups -OCH3 is 1. The van der Waals surface area contributed by atoms with Gasteiger partial charge in [0.25, 0.3) is 15.9 Å². The lowest BCUT2D eigenvalue weighted by Crippen LogP contribution is -2.39. The molecular formula is C25H25ClN2O5S. The molecule has 34 heavy (non-hydrogen) atoms. The minimum atomic E-state index is -3.80. The Balaban J connectivity index is 1.55. The second kappa shape index (κ2) is 9.95. The van der Waals surface area contributed by atoms with Gasteiger partial charge < -0.3 is 14.4 Å². The Kier molecular flexibility index (Phi) is 7.00. The van der Waals surface area contributed by atoms with Gasteiger partial charge >= 0.3 is 0 Å². The van der Waals surface area contributed by atoms with Crippen molar-refractivity contribution in [2.45, 2.75) is 30.9 Å². The molecule has 1 aliphatic heterocycles. The minimum Gasteiger partial charge on any atom is -0.496 e. The number of carbonyl (C=O) groups is 1. The number of hydrogen-bond acceptors (Lipinski definition) is 5. The number of amides is 1. The van der Waals surface area contributed by atoms with Crippen molar-refractivity contribution in [2.75, 3.05) is 18.4 Å². The normalized spacial score (nSPS) is 15.8. The zero-order valence-corrected chi connectivity index (χ0v) is 20.4. The molecule has 0 aliphatic carbocycles. The van der Waals surface area contributed by atoms with E-state index < -0.39 is 16.1 Å². The molecule has 1 heterocycles. The third-order valence-electron chi connectivity index (χ3n) is 5.60. The number of halogens is 1. The molecule has 0 bridgehead atoms. The molecular weight excluding hydrogens is 476 g/mol. The first-order valence-corrected chi connectivity index (χ1v) is 12.6. The van der Waals surface area contributed by atoms with E-state index in [1.807, 2.05) is 24.3 Å². The van der Waals surface area contributed by atoms with Crippen LogP contribution in [-0.4, -0.2) is 39.0 Å². The van der Waals surface area contributed by atoms with E-state index in [0.717, 1.165) is 11.3 Å². The van der Waals surface area contributed by atoms with Crippen LogP contribution in [-0.2, 0) is 27.8 Å². The maximum atomic E-state index is 13.0. The number of ether oxygens (including phenoxy) is 2. The van der Waals surface area contributed by atoms with Gasteiger partial charge in [-0.2, -0.15) is 0 Å². The maximum absolute atomic E-state index is 13.0. The molecule has 1 aliphatic rings. The summed E-state index contributed by atoms with van der Waals surface area (Å²) in [5.41, 5.74) is 2.10. The highest BCUT2D eigenvalue weighted by atomic mass is 35.5. The fourth-order valence-corrected chi connectivity index (χ4v) is 5.02. The summed E-state index contributed by atoms with van der Waals surface area (Å²) in [6, 6.07) is 18.6. The average molecular weight is 501 g/mol. The number of hydrogen-bond donors (Lipinski definition) is 1. The molecule has 1 atom stereocenters. The number of anilines is 1. The second-order valence-electron chi connectivity index (χ2n) is 7.96. The van der Waals surface area contributed by atoms with E-state index in [-0.39, 0.29) is 10.8 Å². The van der Waals surface area contributed by atoms with Gasteiger partial charge in [0.1, 0.15) is 11.5 Å². The number of nitrogens with one attached hydrogen (secondary N) is 1. The topological polar surface area (TPSA) is 84.9 Å². The largest absolute Gasteiger partial charge is 0.496 e. The van der Waals surface area contributed by atoms with E-state index in [9.17, 15) is 13.2 Å². The SMILES string of the molecule is COc1ccccc1CCN1Cc2cc(NS(=O)(=O)c3ccc(Cl)cc3)ccc2OC(C)C1=O. The Hall–Kier alpha value is -3.23. The highest BCUT2D eigenvalue weighted by molar-refractivity contribution is 7.92. The van der Waals surface area contributed by atoms with Crippen LogP contribution in [0.1, 0.15) is 18.1 Å². The van der Waals surface area contributed by atoms with Crippen molar-refractivity contribution in [3.05, 3.63) is 82.9 Å². The number of fused-ring (bicyclic) bond motifs is 1. The molecule has 7 nitrogen and oxygen atoms in total. The zero-order valence-electron chi connectivity index (χ0n) is 18.8. The Morgan fingerprint density at radius 3 is 2.59 bits per heavy atom. The van der Waals surface area contributed by atoms with Gasteiger partial charge in [-0.25, -0.2) is 8.42 Å². The van der Waals surface area contributed by atoms with Gasteiger partial charge in [0.15, 0.2) is 6.10 Å². The van der Waals surface area contributed by atoms with E-state index >= 15 is 0 Å². The van der Waals surface area contributed by atoms with Gasteiger partial charge in [-0.15, -0.1) is 0 Å². The van der Waals surface area contributed by atoms with Crippen LogP contribution in [0.2, 0.25) is 5.02 Å². The first-order chi connectivity index (χ1) is 16.3. The Labute approximate surface area is 204 Å². The van der Waals surface area contributed by atoms with Crippen molar-refractivity contribution < 1.29 is 22.7 Å². The number of rotatable bonds is 7. The molecule has 1 N–H and O–H groups in total. The van der Waals surface area contributed by atoms with Gasteiger partial charge in [-0.1, -0.05) is 29.8 Å². The Morgan fingerprint density at radius 2 is 1.85 bits per heavy atom. The van der Waals surface area contributed by atoms with E-state index in [0.29, 0.717) is 41.5 Å². The van der Waals surface area contributed by atoms with Crippen LogP contribution in [0.3, 0.4) is 0 Å². The molecule has 0 saturated carbocycles. The Bertz CT molecular complexity index is 1290. The summed E-state index contributed by atoms with van der Waals surface area (Å²) in [6.07, 6.45) is -0.0451. The molecule has 0 fully saturated rings. The van der Waals surface area contributed by atoms with Crippen LogP contribution in [0, 0.1) is 0 Å². The van der Waals surface area contributed by atoms with Crippen LogP contribution in [0.15, 0.2) is 71.6 Å². The highest BCUT2D eigenvalue weighted by Gasteiger charge is 2.28. The van der Waals surface area contributed by atoms with Crippen LogP contribution in [0.25, 0.3) is 0 Å². The fraction of sp³-hybridized carbons (Fsp3) is 0.240. The van der Waals surface area contributed by atoms with Crippen molar-refractivity contribution in [3.8, 4) is 11.5 Å². The number of carbonyl (C=O) groups excluding carboxylic acids is 1. The molecule has 0 aromatic heterocycles. The molecule has 9 heteroatoms. The van der Waals surface area contributed by atoms with E-state index in [4.69, 9.17) is 21.1 Å². The third kappa shape index (κ3) is 5.29. The fourth-order valence-electron chi connectivity index (χ4n) is 3.84. The first kappa shape index (κ1) is 23.9. The molecule has 1 amide bonds. The summed E-state index contributed by atoms with van der Waals surface area (Å²) in [4.78, 5) is 14.8.